The summed E-state index contributed by atoms with van der Waals surface area (Å²) < 4.78 is 2.16. The summed E-state index contributed by atoms with van der Waals surface area (Å²) in [6, 6.07) is 47.9. The van der Waals surface area contributed by atoms with Crippen LogP contribution in [-0.4, -0.2) is 4.57 Å². The van der Waals surface area contributed by atoms with Crippen LogP contribution in [0.4, 0.5) is 22.7 Å². The number of fused-ring (bicyclic) bond motifs is 8. The summed E-state index contributed by atoms with van der Waals surface area (Å²) in [6.45, 7) is 8.22. The molecule has 0 saturated heterocycles. The zero-order chi connectivity index (χ0) is 28.2. The van der Waals surface area contributed by atoms with Crippen molar-refractivity contribution in [1.29, 1.82) is 5.26 Å². The molecule has 0 saturated carbocycles. The molecule has 0 fully saturated rings. The molecule has 0 bridgehead atoms. The van der Waals surface area contributed by atoms with Crippen LogP contribution in [0, 0.1) is 17.9 Å². The Kier molecular flexibility index (Phi) is 5.22. The Morgan fingerprint density at radius 2 is 1.00 bits per heavy atom. The molecule has 0 N–H and O–H groups in total. The van der Waals surface area contributed by atoms with Gasteiger partial charge in [0.1, 0.15) is 0 Å². The van der Waals surface area contributed by atoms with Crippen LogP contribution >= 0.6 is 0 Å². The molecular weight excluding hydrogens is 512 g/mol. The molecule has 1 aliphatic rings. The fourth-order valence-corrected chi connectivity index (χ4v) is 6.43. The van der Waals surface area contributed by atoms with Gasteiger partial charge in [-0.1, -0.05) is 97.1 Å². The molecule has 0 unspecified atom stereocenters. The van der Waals surface area contributed by atoms with E-state index in [0.717, 1.165) is 66.8 Å². The van der Waals surface area contributed by atoms with Gasteiger partial charge in [0.15, 0.2) is 0 Å². The Morgan fingerprint density at radius 1 is 0.524 bits per heavy atom. The van der Waals surface area contributed by atoms with Crippen molar-refractivity contribution in [3.8, 4) is 34.0 Å². The molecule has 0 amide bonds. The van der Waals surface area contributed by atoms with Crippen molar-refractivity contribution in [1.82, 2.24) is 4.57 Å². The lowest BCUT2D eigenvalue weighted by molar-refractivity contribution is 1.16. The molecule has 0 aliphatic carbocycles. The van der Waals surface area contributed by atoms with E-state index in [4.69, 9.17) is 6.57 Å². The average Bonchev–Trinajstić information content (AvgIpc) is 3.33. The summed E-state index contributed by atoms with van der Waals surface area (Å²) in [5.41, 5.74) is 10.8. The summed E-state index contributed by atoms with van der Waals surface area (Å²) in [4.78, 5) is 6.17. The highest BCUT2D eigenvalue weighted by Crippen LogP contribution is 2.53. The van der Waals surface area contributed by atoms with Gasteiger partial charge in [0.25, 0.3) is 0 Å². The van der Waals surface area contributed by atoms with E-state index < -0.39 is 0 Å². The van der Waals surface area contributed by atoms with E-state index in [0.29, 0.717) is 11.3 Å². The van der Waals surface area contributed by atoms with Gasteiger partial charge in [-0.25, -0.2) is 4.85 Å². The molecule has 1 aromatic heterocycles. The number of benzene rings is 6. The third-order valence-electron chi connectivity index (χ3n) is 8.19. The highest BCUT2D eigenvalue weighted by molar-refractivity contribution is 6.10. The van der Waals surface area contributed by atoms with Crippen molar-refractivity contribution < 1.29 is 0 Å². The van der Waals surface area contributed by atoms with Crippen LogP contribution in [0.25, 0.3) is 54.6 Å². The van der Waals surface area contributed by atoms with Gasteiger partial charge in [0.05, 0.1) is 52.0 Å². The van der Waals surface area contributed by atoms with Gasteiger partial charge in [-0.2, -0.15) is 5.26 Å². The number of nitriles is 1. The van der Waals surface area contributed by atoms with Gasteiger partial charge in [-0.05, 0) is 47.5 Å². The van der Waals surface area contributed by atoms with E-state index >= 15 is 0 Å². The number of anilines is 3. The summed E-state index contributed by atoms with van der Waals surface area (Å²) in [6.07, 6.45) is 0. The van der Waals surface area contributed by atoms with E-state index in [2.05, 4.69) is 105 Å². The fourth-order valence-electron chi connectivity index (χ4n) is 6.43. The number of hydrogen-bond acceptors (Lipinski definition) is 2. The molecule has 2 heterocycles. The van der Waals surface area contributed by atoms with Crippen molar-refractivity contribution in [3.05, 3.63) is 150 Å². The maximum Gasteiger partial charge on any atom is 0.212 e. The highest BCUT2D eigenvalue weighted by Gasteiger charge is 2.28. The Balaban J connectivity index is 1.50. The van der Waals surface area contributed by atoms with Crippen LogP contribution in [0.2, 0.25) is 0 Å². The smallest absolute Gasteiger partial charge is 0.212 e. The molecule has 42 heavy (non-hydrogen) atoms. The Hall–Kier alpha value is -6.10. The standard InChI is InChI=1S/C38H22N4/c1-40-32-22-25(24-39)37(41-35-20-10-6-16-30(35)31-17-7-11-21-36(31)41)23-38(32)42-33-18-8-4-14-28(33)26-12-2-3-13-27(26)29-15-5-9-19-34(29)42/h2-23H. The lowest BCUT2D eigenvalue weighted by atomic mass is 9.95. The van der Waals surface area contributed by atoms with Crippen molar-refractivity contribution in [3.63, 3.8) is 0 Å². The second-order valence-electron chi connectivity index (χ2n) is 10.4. The third-order valence-corrected chi connectivity index (χ3v) is 8.19. The Bertz CT molecular complexity index is 2170. The van der Waals surface area contributed by atoms with E-state index in [1.165, 1.54) is 0 Å². The van der Waals surface area contributed by atoms with E-state index in [1.54, 1.807) is 6.07 Å². The van der Waals surface area contributed by atoms with Crippen LogP contribution in [0.5, 0.6) is 0 Å². The molecule has 8 rings (SSSR count). The van der Waals surface area contributed by atoms with Gasteiger partial charge < -0.3 is 9.47 Å². The first-order valence-corrected chi connectivity index (χ1v) is 13.8. The second kappa shape index (κ2) is 9.24. The minimum absolute atomic E-state index is 0.423. The first-order chi connectivity index (χ1) is 20.8. The first kappa shape index (κ1) is 23.8. The highest BCUT2D eigenvalue weighted by atomic mass is 15.2. The molecule has 4 nitrogen and oxygen atoms in total. The van der Waals surface area contributed by atoms with Gasteiger partial charge in [0, 0.05) is 21.9 Å². The topological polar surface area (TPSA) is 36.3 Å². The first-order valence-electron chi connectivity index (χ1n) is 13.8. The van der Waals surface area contributed by atoms with Crippen LogP contribution in [0.15, 0.2) is 133 Å². The Morgan fingerprint density at radius 3 is 1.52 bits per heavy atom. The normalized spacial score (nSPS) is 11.7. The minimum Gasteiger partial charge on any atom is -0.319 e. The van der Waals surface area contributed by atoms with E-state index in [-0.39, 0.29) is 0 Å². The molecule has 0 atom stereocenters. The molecule has 1 aliphatic heterocycles. The van der Waals surface area contributed by atoms with Crippen LogP contribution in [0.1, 0.15) is 5.56 Å². The zero-order valence-electron chi connectivity index (χ0n) is 22.5. The molecule has 7 aromatic rings. The largest absolute Gasteiger partial charge is 0.319 e. The molecule has 0 radical (unpaired) electrons. The quantitative estimate of drug-likeness (QED) is 0.207. The maximum absolute atomic E-state index is 10.4. The zero-order valence-corrected chi connectivity index (χ0v) is 22.5. The summed E-state index contributed by atoms with van der Waals surface area (Å²) in [7, 11) is 0. The van der Waals surface area contributed by atoms with E-state index in [1.807, 2.05) is 42.5 Å². The molecule has 194 valence electrons. The van der Waals surface area contributed by atoms with Crippen molar-refractivity contribution in [2.75, 3.05) is 4.90 Å². The van der Waals surface area contributed by atoms with Crippen LogP contribution in [-0.2, 0) is 0 Å². The number of aromatic nitrogens is 1. The number of para-hydroxylation sites is 4. The third kappa shape index (κ3) is 3.33. The van der Waals surface area contributed by atoms with Crippen LogP contribution in [0.3, 0.4) is 0 Å². The predicted molar refractivity (Wildman–Crippen MR) is 171 cm³/mol. The predicted octanol–water partition coefficient (Wildman–Crippen LogP) is 10.3. The molecule has 6 aromatic carbocycles. The number of hydrogen-bond donors (Lipinski definition) is 0. The second-order valence-corrected chi connectivity index (χ2v) is 10.4. The Labute approximate surface area is 243 Å². The van der Waals surface area contributed by atoms with Crippen molar-refractivity contribution in [2.45, 2.75) is 0 Å². The monoisotopic (exact) mass is 534 g/mol. The van der Waals surface area contributed by atoms with E-state index in [9.17, 15) is 5.26 Å². The van der Waals surface area contributed by atoms with Gasteiger partial charge in [-0.15, -0.1) is 0 Å². The average molecular weight is 535 g/mol. The summed E-state index contributed by atoms with van der Waals surface area (Å²) in [5.74, 6) is 0. The summed E-state index contributed by atoms with van der Waals surface area (Å²) >= 11 is 0. The SMILES string of the molecule is [C-]#[N+]c1cc(C#N)c(-n2c3ccccc3c3ccccc32)cc1N1c2ccccc2-c2ccccc2-c2ccccc21. The van der Waals surface area contributed by atoms with Crippen molar-refractivity contribution >= 4 is 44.6 Å². The van der Waals surface area contributed by atoms with Gasteiger partial charge >= 0.3 is 0 Å². The lowest BCUT2D eigenvalue weighted by Gasteiger charge is -2.29. The van der Waals surface area contributed by atoms with Crippen LogP contribution < -0.4 is 4.90 Å². The number of rotatable bonds is 2. The number of nitrogens with zero attached hydrogens (tertiary/aromatic N) is 4. The molecule has 4 heteroatoms. The molecular formula is C38H22N4. The fraction of sp³-hybridized carbons (Fsp3) is 0. The minimum atomic E-state index is 0.423. The van der Waals surface area contributed by atoms with Gasteiger partial charge in [0.2, 0.25) is 5.69 Å². The molecule has 0 spiro atoms. The van der Waals surface area contributed by atoms with Crippen molar-refractivity contribution in [2.24, 2.45) is 0 Å². The lowest BCUT2D eigenvalue weighted by Crippen LogP contribution is -2.12. The summed E-state index contributed by atoms with van der Waals surface area (Å²) in [5, 5.41) is 12.6. The van der Waals surface area contributed by atoms with Gasteiger partial charge in [-0.3, -0.25) is 0 Å². The maximum atomic E-state index is 10.4.